The highest BCUT2D eigenvalue weighted by molar-refractivity contribution is 7.89. The van der Waals surface area contributed by atoms with Gasteiger partial charge in [0.15, 0.2) is 11.5 Å². The van der Waals surface area contributed by atoms with E-state index in [0.717, 1.165) is 5.56 Å². The molecule has 25 heavy (non-hydrogen) atoms. The number of rotatable bonds is 7. The number of nitrogens with one attached hydrogen (secondary N) is 2. The van der Waals surface area contributed by atoms with E-state index in [1.807, 2.05) is 0 Å². The Bertz CT molecular complexity index is 856. The van der Waals surface area contributed by atoms with E-state index in [-0.39, 0.29) is 29.7 Å². The van der Waals surface area contributed by atoms with Crippen molar-refractivity contribution >= 4 is 28.3 Å². The van der Waals surface area contributed by atoms with Crippen LogP contribution in [0.2, 0.25) is 0 Å². The average molecular weight is 386 g/mol. The van der Waals surface area contributed by atoms with Crippen molar-refractivity contribution in [1.29, 1.82) is 5.41 Å². The number of halogens is 1. The van der Waals surface area contributed by atoms with E-state index in [1.165, 1.54) is 26.4 Å². The molecule has 0 bridgehead atoms. The minimum Gasteiger partial charge on any atom is -0.493 e. The van der Waals surface area contributed by atoms with Gasteiger partial charge in [-0.15, -0.1) is 12.4 Å². The van der Waals surface area contributed by atoms with Gasteiger partial charge in [-0.05, 0) is 29.8 Å². The van der Waals surface area contributed by atoms with E-state index in [9.17, 15) is 8.42 Å². The van der Waals surface area contributed by atoms with Gasteiger partial charge in [0.2, 0.25) is 10.0 Å². The SMILES string of the molecule is COc1ccc(CNS(=O)(=O)c2cccc(C(=N)N)c2)cc1OC.Cl. The van der Waals surface area contributed by atoms with Crippen LogP contribution in [0, 0.1) is 5.41 Å². The van der Waals surface area contributed by atoms with Gasteiger partial charge in [0.25, 0.3) is 0 Å². The molecule has 2 rings (SSSR count). The lowest BCUT2D eigenvalue weighted by molar-refractivity contribution is 0.354. The predicted molar refractivity (Wildman–Crippen MR) is 98.3 cm³/mol. The fourth-order valence-corrected chi connectivity index (χ4v) is 3.15. The zero-order valence-corrected chi connectivity index (χ0v) is 15.4. The second kappa shape index (κ2) is 8.70. The van der Waals surface area contributed by atoms with Gasteiger partial charge in [-0.1, -0.05) is 18.2 Å². The van der Waals surface area contributed by atoms with Crippen LogP contribution in [0.4, 0.5) is 0 Å². The summed E-state index contributed by atoms with van der Waals surface area (Å²) in [5.41, 5.74) is 6.46. The number of hydrogen-bond donors (Lipinski definition) is 3. The number of hydrogen-bond acceptors (Lipinski definition) is 5. The Hall–Kier alpha value is -2.29. The Labute approximate surface area is 153 Å². The predicted octanol–water partition coefficient (Wildman–Crippen LogP) is 1.89. The van der Waals surface area contributed by atoms with E-state index >= 15 is 0 Å². The topological polar surface area (TPSA) is 114 Å². The van der Waals surface area contributed by atoms with Crippen LogP contribution < -0.4 is 19.9 Å². The van der Waals surface area contributed by atoms with Crippen LogP contribution in [0.25, 0.3) is 0 Å². The lowest BCUT2D eigenvalue weighted by atomic mass is 10.2. The molecule has 0 radical (unpaired) electrons. The number of nitrogens with two attached hydrogens (primary N) is 1. The number of nitrogen functional groups attached to an aromatic ring is 1. The number of amidine groups is 1. The molecule has 0 aromatic heterocycles. The van der Waals surface area contributed by atoms with Crippen molar-refractivity contribution in [3.63, 3.8) is 0 Å². The zero-order chi connectivity index (χ0) is 17.7. The summed E-state index contributed by atoms with van der Waals surface area (Å²) in [4.78, 5) is 0.0516. The first-order valence-electron chi connectivity index (χ1n) is 7.02. The molecule has 0 aliphatic rings. The maximum Gasteiger partial charge on any atom is 0.240 e. The smallest absolute Gasteiger partial charge is 0.240 e. The number of sulfonamides is 1. The highest BCUT2D eigenvalue weighted by Crippen LogP contribution is 2.27. The van der Waals surface area contributed by atoms with Crippen molar-refractivity contribution in [2.75, 3.05) is 14.2 Å². The standard InChI is InChI=1S/C16H19N3O4S.ClH/c1-22-14-7-6-11(8-15(14)23-2)10-19-24(20,21)13-5-3-4-12(9-13)16(17)18;/h3-9,19H,10H2,1-2H3,(H3,17,18);1H. The van der Waals surface area contributed by atoms with E-state index in [2.05, 4.69) is 4.72 Å². The van der Waals surface area contributed by atoms with Gasteiger partial charge >= 0.3 is 0 Å². The third kappa shape index (κ3) is 5.09. The molecular formula is C16H20ClN3O4S. The maximum absolute atomic E-state index is 12.4. The Morgan fingerprint density at radius 2 is 1.80 bits per heavy atom. The summed E-state index contributed by atoms with van der Waals surface area (Å²) < 4.78 is 37.6. The summed E-state index contributed by atoms with van der Waals surface area (Å²) in [6.07, 6.45) is 0. The van der Waals surface area contributed by atoms with Crippen LogP contribution in [-0.4, -0.2) is 28.5 Å². The van der Waals surface area contributed by atoms with Gasteiger partial charge in [0.1, 0.15) is 5.84 Å². The van der Waals surface area contributed by atoms with Gasteiger partial charge in [-0.25, -0.2) is 13.1 Å². The van der Waals surface area contributed by atoms with Crippen LogP contribution in [0.3, 0.4) is 0 Å². The van der Waals surface area contributed by atoms with Gasteiger partial charge in [0.05, 0.1) is 19.1 Å². The third-order valence-electron chi connectivity index (χ3n) is 3.37. The van der Waals surface area contributed by atoms with Gasteiger partial charge in [-0.3, -0.25) is 5.41 Å². The largest absolute Gasteiger partial charge is 0.493 e. The van der Waals surface area contributed by atoms with Crippen LogP contribution in [0.1, 0.15) is 11.1 Å². The molecule has 0 heterocycles. The molecule has 2 aromatic carbocycles. The molecule has 136 valence electrons. The number of ether oxygens (including phenoxy) is 2. The minimum atomic E-state index is -3.72. The van der Waals surface area contributed by atoms with Crippen molar-refractivity contribution in [1.82, 2.24) is 4.72 Å². The molecule has 0 unspecified atom stereocenters. The lowest BCUT2D eigenvalue weighted by Gasteiger charge is -2.11. The highest BCUT2D eigenvalue weighted by Gasteiger charge is 2.15. The molecule has 4 N–H and O–H groups in total. The second-order valence-electron chi connectivity index (χ2n) is 4.96. The molecule has 0 aliphatic heterocycles. The quantitative estimate of drug-likeness (QED) is 0.497. The fraction of sp³-hybridized carbons (Fsp3) is 0.188. The summed E-state index contributed by atoms with van der Waals surface area (Å²) in [5.74, 6) is 0.901. The normalized spacial score (nSPS) is 10.6. The van der Waals surface area contributed by atoms with Crippen LogP contribution in [0.5, 0.6) is 11.5 Å². The van der Waals surface area contributed by atoms with Gasteiger partial charge in [0, 0.05) is 12.1 Å². The molecule has 0 saturated heterocycles. The van der Waals surface area contributed by atoms with Crippen LogP contribution in [0.15, 0.2) is 47.4 Å². The monoisotopic (exact) mass is 385 g/mol. The van der Waals surface area contributed by atoms with E-state index in [0.29, 0.717) is 17.1 Å². The molecule has 0 spiro atoms. The van der Waals surface area contributed by atoms with E-state index in [4.69, 9.17) is 20.6 Å². The number of methoxy groups -OCH3 is 2. The van der Waals surface area contributed by atoms with Crippen molar-refractivity contribution in [3.05, 3.63) is 53.6 Å². The van der Waals surface area contributed by atoms with Crippen molar-refractivity contribution in [2.45, 2.75) is 11.4 Å². The fourth-order valence-electron chi connectivity index (χ4n) is 2.08. The summed E-state index contributed by atoms with van der Waals surface area (Å²) in [5, 5.41) is 7.39. The molecule has 7 nitrogen and oxygen atoms in total. The van der Waals surface area contributed by atoms with Crippen molar-refractivity contribution in [2.24, 2.45) is 5.73 Å². The summed E-state index contributed by atoms with van der Waals surface area (Å²) in [6.45, 7) is 0.0903. The Morgan fingerprint density at radius 3 is 2.40 bits per heavy atom. The van der Waals surface area contributed by atoms with Crippen molar-refractivity contribution in [3.8, 4) is 11.5 Å². The second-order valence-corrected chi connectivity index (χ2v) is 6.72. The third-order valence-corrected chi connectivity index (χ3v) is 4.77. The Balaban J connectivity index is 0.00000312. The van der Waals surface area contributed by atoms with Gasteiger partial charge < -0.3 is 15.2 Å². The molecular weight excluding hydrogens is 366 g/mol. The molecule has 0 aliphatic carbocycles. The molecule has 0 amide bonds. The lowest BCUT2D eigenvalue weighted by Crippen LogP contribution is -2.24. The minimum absolute atomic E-state index is 0. The molecule has 0 atom stereocenters. The average Bonchev–Trinajstić information content (AvgIpc) is 2.59. The molecule has 0 saturated carbocycles. The first-order chi connectivity index (χ1) is 11.4. The first kappa shape index (κ1) is 20.8. The van der Waals surface area contributed by atoms with Crippen LogP contribution in [-0.2, 0) is 16.6 Å². The molecule has 2 aromatic rings. The highest BCUT2D eigenvalue weighted by atomic mass is 35.5. The summed E-state index contributed by atoms with van der Waals surface area (Å²) in [7, 11) is -0.681. The molecule has 0 fully saturated rings. The first-order valence-corrected chi connectivity index (χ1v) is 8.50. The van der Waals surface area contributed by atoms with E-state index in [1.54, 1.807) is 30.3 Å². The Morgan fingerprint density at radius 1 is 1.12 bits per heavy atom. The van der Waals surface area contributed by atoms with Crippen LogP contribution >= 0.6 is 12.4 Å². The maximum atomic E-state index is 12.4. The summed E-state index contributed by atoms with van der Waals surface area (Å²) in [6, 6.07) is 11.1. The van der Waals surface area contributed by atoms with E-state index < -0.39 is 10.0 Å². The number of benzene rings is 2. The summed E-state index contributed by atoms with van der Waals surface area (Å²) >= 11 is 0. The van der Waals surface area contributed by atoms with Crippen molar-refractivity contribution < 1.29 is 17.9 Å². The van der Waals surface area contributed by atoms with Gasteiger partial charge in [-0.2, -0.15) is 0 Å². The molecule has 9 heteroatoms. The Kier molecular flexibility index (Phi) is 7.22. The zero-order valence-electron chi connectivity index (χ0n) is 13.8.